The van der Waals surface area contributed by atoms with Crippen LogP contribution < -0.4 is 5.73 Å². The van der Waals surface area contributed by atoms with Crippen molar-refractivity contribution < 1.29 is 4.79 Å². The second kappa shape index (κ2) is 7.66. The summed E-state index contributed by atoms with van der Waals surface area (Å²) in [5.41, 5.74) is 5.45. The fourth-order valence-corrected chi connectivity index (χ4v) is 1.95. The molecule has 96 valence electrons. The maximum absolute atomic E-state index is 12.1. The molecule has 0 saturated heterocycles. The summed E-state index contributed by atoms with van der Waals surface area (Å²) in [6, 6.07) is 0.327. The lowest BCUT2D eigenvalue weighted by molar-refractivity contribution is -0.135. The van der Waals surface area contributed by atoms with E-state index in [1.54, 1.807) is 0 Å². The Morgan fingerprint density at radius 3 is 2.25 bits per heavy atom. The Kier molecular flexibility index (Phi) is 7.39. The van der Waals surface area contributed by atoms with Gasteiger partial charge in [-0.2, -0.15) is 0 Å². The van der Waals surface area contributed by atoms with Gasteiger partial charge < -0.3 is 10.6 Å². The number of amides is 1. The Morgan fingerprint density at radius 1 is 1.25 bits per heavy atom. The highest BCUT2D eigenvalue weighted by atomic mass is 16.2. The molecule has 0 aliphatic rings. The smallest absolute Gasteiger partial charge is 0.225 e. The Morgan fingerprint density at radius 2 is 1.81 bits per heavy atom. The molecule has 0 saturated carbocycles. The minimum atomic E-state index is 0.100. The van der Waals surface area contributed by atoms with Crippen molar-refractivity contribution in [1.82, 2.24) is 4.90 Å². The van der Waals surface area contributed by atoms with Crippen LogP contribution in [0.1, 0.15) is 47.0 Å². The summed E-state index contributed by atoms with van der Waals surface area (Å²) >= 11 is 0. The fraction of sp³-hybridized carbons (Fsp3) is 0.923. The third-order valence-electron chi connectivity index (χ3n) is 3.08. The number of hydrogen-bond donors (Lipinski definition) is 1. The first-order valence-corrected chi connectivity index (χ1v) is 6.36. The molecule has 16 heavy (non-hydrogen) atoms. The molecule has 0 fully saturated rings. The summed E-state index contributed by atoms with van der Waals surface area (Å²) in [7, 11) is 1.91. The Balaban J connectivity index is 4.14. The van der Waals surface area contributed by atoms with Crippen LogP contribution >= 0.6 is 0 Å². The Hall–Kier alpha value is -0.570. The monoisotopic (exact) mass is 228 g/mol. The standard InChI is InChI=1S/C13H28N2O/c1-10(2)9-12(4)15(5)13(16)11(3)7-6-8-14/h10-12H,6-9,14H2,1-5H3. The molecule has 1 amide bonds. The highest BCUT2D eigenvalue weighted by Crippen LogP contribution is 2.14. The quantitative estimate of drug-likeness (QED) is 0.726. The molecule has 0 aromatic carbocycles. The summed E-state index contributed by atoms with van der Waals surface area (Å²) in [6.45, 7) is 9.16. The molecule has 3 heteroatoms. The van der Waals surface area contributed by atoms with Crippen LogP contribution in [0.25, 0.3) is 0 Å². The largest absolute Gasteiger partial charge is 0.343 e. The van der Waals surface area contributed by atoms with Gasteiger partial charge in [-0.05, 0) is 38.6 Å². The van der Waals surface area contributed by atoms with E-state index in [0.717, 1.165) is 19.3 Å². The summed E-state index contributed by atoms with van der Waals surface area (Å²) in [5.74, 6) is 0.981. The summed E-state index contributed by atoms with van der Waals surface area (Å²) in [6.07, 6.45) is 2.89. The predicted molar refractivity (Wildman–Crippen MR) is 69.1 cm³/mol. The third-order valence-corrected chi connectivity index (χ3v) is 3.08. The summed E-state index contributed by atoms with van der Waals surface area (Å²) in [4.78, 5) is 13.9. The predicted octanol–water partition coefficient (Wildman–Crippen LogP) is 2.25. The molecule has 0 spiro atoms. The number of rotatable bonds is 7. The minimum absolute atomic E-state index is 0.100. The van der Waals surface area contributed by atoms with E-state index in [2.05, 4.69) is 20.8 Å². The van der Waals surface area contributed by atoms with Crippen LogP contribution in [-0.4, -0.2) is 30.4 Å². The SMILES string of the molecule is CC(C)CC(C)N(C)C(=O)C(C)CCCN. The van der Waals surface area contributed by atoms with Crippen molar-refractivity contribution in [2.75, 3.05) is 13.6 Å². The molecule has 0 bridgehead atoms. The summed E-state index contributed by atoms with van der Waals surface area (Å²) < 4.78 is 0. The molecule has 0 heterocycles. The van der Waals surface area contributed by atoms with Crippen LogP contribution in [0.15, 0.2) is 0 Å². The van der Waals surface area contributed by atoms with E-state index in [9.17, 15) is 4.79 Å². The molecule has 0 rings (SSSR count). The first-order valence-electron chi connectivity index (χ1n) is 6.36. The van der Waals surface area contributed by atoms with Crippen LogP contribution in [0.5, 0.6) is 0 Å². The van der Waals surface area contributed by atoms with Crippen molar-refractivity contribution in [3.63, 3.8) is 0 Å². The molecule has 0 aromatic rings. The van der Waals surface area contributed by atoms with Crippen molar-refractivity contribution in [2.45, 2.75) is 53.0 Å². The lowest BCUT2D eigenvalue weighted by Crippen LogP contribution is -2.39. The lowest BCUT2D eigenvalue weighted by atomic mass is 10.0. The van der Waals surface area contributed by atoms with Crippen molar-refractivity contribution in [3.8, 4) is 0 Å². The number of nitrogens with two attached hydrogens (primary N) is 1. The van der Waals surface area contributed by atoms with E-state index >= 15 is 0 Å². The molecule has 0 aliphatic carbocycles. The van der Waals surface area contributed by atoms with Gasteiger partial charge in [0.25, 0.3) is 0 Å². The van der Waals surface area contributed by atoms with Gasteiger partial charge in [-0.15, -0.1) is 0 Å². The van der Waals surface area contributed by atoms with Gasteiger partial charge >= 0.3 is 0 Å². The highest BCUT2D eigenvalue weighted by Gasteiger charge is 2.21. The first-order chi connectivity index (χ1) is 7.40. The average Bonchev–Trinajstić information content (AvgIpc) is 2.22. The van der Waals surface area contributed by atoms with Gasteiger partial charge in [0.2, 0.25) is 5.91 Å². The van der Waals surface area contributed by atoms with E-state index in [-0.39, 0.29) is 11.8 Å². The van der Waals surface area contributed by atoms with E-state index < -0.39 is 0 Å². The maximum atomic E-state index is 12.1. The van der Waals surface area contributed by atoms with E-state index in [1.807, 2.05) is 18.9 Å². The molecule has 3 nitrogen and oxygen atoms in total. The lowest BCUT2D eigenvalue weighted by Gasteiger charge is -2.28. The molecule has 2 N–H and O–H groups in total. The fourth-order valence-electron chi connectivity index (χ4n) is 1.95. The highest BCUT2D eigenvalue weighted by molar-refractivity contribution is 5.78. The molecular weight excluding hydrogens is 200 g/mol. The minimum Gasteiger partial charge on any atom is -0.343 e. The van der Waals surface area contributed by atoms with Crippen molar-refractivity contribution >= 4 is 5.91 Å². The molecule has 0 radical (unpaired) electrons. The molecule has 2 atom stereocenters. The van der Waals surface area contributed by atoms with E-state index in [1.165, 1.54) is 0 Å². The van der Waals surface area contributed by atoms with Gasteiger partial charge in [-0.3, -0.25) is 4.79 Å². The third kappa shape index (κ3) is 5.50. The van der Waals surface area contributed by atoms with Crippen LogP contribution in [0, 0.1) is 11.8 Å². The normalized spacial score (nSPS) is 14.9. The Bertz CT molecular complexity index is 204. The zero-order valence-electron chi connectivity index (χ0n) is 11.5. The van der Waals surface area contributed by atoms with E-state index in [4.69, 9.17) is 5.73 Å². The Labute approximate surface area is 100 Å². The van der Waals surface area contributed by atoms with Crippen LogP contribution in [-0.2, 0) is 4.79 Å². The number of nitrogens with zero attached hydrogens (tertiary/aromatic N) is 1. The second-order valence-corrected chi connectivity index (χ2v) is 5.26. The number of hydrogen-bond acceptors (Lipinski definition) is 2. The molecule has 2 unspecified atom stereocenters. The topological polar surface area (TPSA) is 46.3 Å². The van der Waals surface area contributed by atoms with Crippen LogP contribution in [0.2, 0.25) is 0 Å². The second-order valence-electron chi connectivity index (χ2n) is 5.26. The van der Waals surface area contributed by atoms with Gasteiger partial charge in [0.1, 0.15) is 0 Å². The molecule has 0 aliphatic heterocycles. The van der Waals surface area contributed by atoms with Crippen molar-refractivity contribution in [1.29, 1.82) is 0 Å². The van der Waals surface area contributed by atoms with Crippen molar-refractivity contribution in [2.24, 2.45) is 17.6 Å². The summed E-state index contributed by atoms with van der Waals surface area (Å²) in [5, 5.41) is 0. The van der Waals surface area contributed by atoms with Gasteiger partial charge in [-0.1, -0.05) is 20.8 Å². The average molecular weight is 228 g/mol. The number of carbonyl (C=O) groups excluding carboxylic acids is 1. The van der Waals surface area contributed by atoms with Gasteiger partial charge in [0, 0.05) is 19.0 Å². The van der Waals surface area contributed by atoms with Crippen LogP contribution in [0.3, 0.4) is 0 Å². The van der Waals surface area contributed by atoms with E-state index in [0.29, 0.717) is 18.5 Å². The van der Waals surface area contributed by atoms with Gasteiger partial charge in [0.15, 0.2) is 0 Å². The first kappa shape index (κ1) is 15.4. The number of carbonyl (C=O) groups is 1. The van der Waals surface area contributed by atoms with Crippen LogP contribution in [0.4, 0.5) is 0 Å². The van der Waals surface area contributed by atoms with Crippen molar-refractivity contribution in [3.05, 3.63) is 0 Å². The van der Waals surface area contributed by atoms with Gasteiger partial charge in [0.05, 0.1) is 0 Å². The zero-order valence-corrected chi connectivity index (χ0v) is 11.5. The molecular formula is C13H28N2O. The molecule has 0 aromatic heterocycles. The maximum Gasteiger partial charge on any atom is 0.225 e. The van der Waals surface area contributed by atoms with Gasteiger partial charge in [-0.25, -0.2) is 0 Å². The zero-order chi connectivity index (χ0) is 12.7.